The summed E-state index contributed by atoms with van der Waals surface area (Å²) in [4.78, 5) is 34.6. The van der Waals surface area contributed by atoms with Gasteiger partial charge in [0.1, 0.15) is 5.78 Å². The maximum atomic E-state index is 12.1. The zero-order valence-electron chi connectivity index (χ0n) is 13.9. The summed E-state index contributed by atoms with van der Waals surface area (Å²) < 4.78 is 0. The second-order valence-electron chi connectivity index (χ2n) is 6.46. The number of nitrogens with one attached hydrogen (secondary N) is 2. The Kier molecular flexibility index (Phi) is 7.19. The molecule has 1 unspecified atom stereocenters. The lowest BCUT2D eigenvalue weighted by Crippen LogP contribution is -2.52. The molecule has 6 nitrogen and oxygen atoms in total. The smallest absolute Gasteiger partial charge is 0.304 e. The molecule has 0 spiro atoms. The molecule has 0 saturated carbocycles. The van der Waals surface area contributed by atoms with Crippen LogP contribution in [0, 0.1) is 0 Å². The van der Waals surface area contributed by atoms with Gasteiger partial charge in [-0.3, -0.25) is 14.4 Å². The molecule has 0 aliphatic heterocycles. The Bertz CT molecular complexity index is 402. The highest BCUT2D eigenvalue weighted by molar-refractivity contribution is 5.87. The minimum Gasteiger partial charge on any atom is -0.481 e. The van der Waals surface area contributed by atoms with E-state index in [4.69, 9.17) is 5.11 Å². The van der Waals surface area contributed by atoms with Crippen LogP contribution in [0.3, 0.4) is 0 Å². The van der Waals surface area contributed by atoms with Crippen molar-refractivity contribution in [3.05, 3.63) is 0 Å². The van der Waals surface area contributed by atoms with Crippen LogP contribution in [-0.2, 0) is 14.4 Å². The van der Waals surface area contributed by atoms with E-state index in [1.165, 1.54) is 6.92 Å². The number of rotatable bonds is 10. The summed E-state index contributed by atoms with van der Waals surface area (Å²) in [5.74, 6) is -1.00. The Morgan fingerprint density at radius 2 is 1.62 bits per heavy atom. The maximum absolute atomic E-state index is 12.1. The van der Waals surface area contributed by atoms with E-state index in [1.807, 2.05) is 0 Å². The first-order valence-corrected chi connectivity index (χ1v) is 7.15. The van der Waals surface area contributed by atoms with Crippen molar-refractivity contribution < 1.29 is 19.5 Å². The molecule has 0 fully saturated rings. The van der Waals surface area contributed by atoms with Gasteiger partial charge in [0.05, 0.1) is 17.5 Å². The molecule has 0 aromatic rings. The summed E-state index contributed by atoms with van der Waals surface area (Å²) in [7, 11) is 1.71. The highest BCUT2D eigenvalue weighted by Gasteiger charge is 2.30. The summed E-state index contributed by atoms with van der Waals surface area (Å²) in [6, 6.07) is -0.419. The van der Waals surface area contributed by atoms with Crippen molar-refractivity contribution in [3.63, 3.8) is 0 Å². The topological polar surface area (TPSA) is 95.5 Å². The largest absolute Gasteiger partial charge is 0.481 e. The number of carbonyl (C=O) groups is 3. The number of Topliss-reactive ketones (excluding diaryl/α,β-unsaturated/α-hetero) is 2. The van der Waals surface area contributed by atoms with Gasteiger partial charge < -0.3 is 15.7 Å². The number of hydrogen-bond acceptors (Lipinski definition) is 5. The average molecular weight is 300 g/mol. The monoisotopic (exact) mass is 300 g/mol. The van der Waals surface area contributed by atoms with Crippen LogP contribution in [0.25, 0.3) is 0 Å². The summed E-state index contributed by atoms with van der Waals surface area (Å²) in [5.41, 5.74) is -1.44. The van der Waals surface area contributed by atoms with Crippen molar-refractivity contribution in [2.75, 3.05) is 7.05 Å². The van der Waals surface area contributed by atoms with Crippen molar-refractivity contribution in [1.29, 1.82) is 0 Å². The number of ketones is 2. The maximum Gasteiger partial charge on any atom is 0.304 e. The third-order valence-corrected chi connectivity index (χ3v) is 3.91. The number of carboxylic acid groups (broad SMARTS) is 1. The zero-order valence-corrected chi connectivity index (χ0v) is 13.9. The SMILES string of the molecule is CNC(C)(C)C(=O)CCC(CC(=O)O)NC(C)(C)C(C)=O. The van der Waals surface area contributed by atoms with Gasteiger partial charge in [-0.25, -0.2) is 0 Å². The van der Waals surface area contributed by atoms with Gasteiger partial charge in [-0.2, -0.15) is 0 Å². The number of likely N-dealkylation sites (N-methyl/N-ethyl adjacent to an activating group) is 1. The Labute approximate surface area is 126 Å². The molecule has 6 heteroatoms. The Morgan fingerprint density at radius 1 is 1.10 bits per heavy atom. The molecule has 0 saturated heterocycles. The quantitative estimate of drug-likeness (QED) is 0.560. The second kappa shape index (κ2) is 7.66. The molecule has 0 radical (unpaired) electrons. The van der Waals surface area contributed by atoms with Crippen LogP contribution < -0.4 is 10.6 Å². The van der Waals surface area contributed by atoms with Gasteiger partial charge in [0.2, 0.25) is 0 Å². The van der Waals surface area contributed by atoms with Crippen LogP contribution in [0.15, 0.2) is 0 Å². The van der Waals surface area contributed by atoms with Crippen molar-refractivity contribution in [3.8, 4) is 0 Å². The molecule has 0 rings (SSSR count). The highest BCUT2D eigenvalue weighted by Crippen LogP contribution is 2.14. The van der Waals surface area contributed by atoms with E-state index in [0.717, 1.165) is 0 Å². The fraction of sp³-hybridized carbons (Fsp3) is 0.800. The normalized spacial score (nSPS) is 13.8. The van der Waals surface area contributed by atoms with Crippen LogP contribution in [0.2, 0.25) is 0 Å². The van der Waals surface area contributed by atoms with Gasteiger partial charge in [-0.05, 0) is 48.1 Å². The summed E-state index contributed by atoms with van der Waals surface area (Å²) in [6.45, 7) is 8.45. The first-order valence-electron chi connectivity index (χ1n) is 7.15. The summed E-state index contributed by atoms with van der Waals surface area (Å²) in [6.07, 6.45) is 0.518. The van der Waals surface area contributed by atoms with Gasteiger partial charge in [0, 0.05) is 12.5 Å². The van der Waals surface area contributed by atoms with E-state index >= 15 is 0 Å². The molecule has 3 N–H and O–H groups in total. The number of aliphatic carboxylic acids is 1. The van der Waals surface area contributed by atoms with Gasteiger partial charge in [-0.1, -0.05) is 0 Å². The van der Waals surface area contributed by atoms with E-state index < -0.39 is 23.1 Å². The third kappa shape index (κ3) is 6.82. The average Bonchev–Trinajstić information content (AvgIpc) is 2.34. The summed E-state index contributed by atoms with van der Waals surface area (Å²) >= 11 is 0. The number of carbonyl (C=O) groups excluding carboxylic acids is 2. The van der Waals surface area contributed by atoms with Crippen LogP contribution in [-0.4, -0.2) is 46.8 Å². The summed E-state index contributed by atoms with van der Waals surface area (Å²) in [5, 5.41) is 14.9. The molecule has 1 atom stereocenters. The number of carboxylic acids is 1. The van der Waals surface area contributed by atoms with Crippen molar-refractivity contribution >= 4 is 17.5 Å². The van der Waals surface area contributed by atoms with Crippen molar-refractivity contribution in [1.82, 2.24) is 10.6 Å². The van der Waals surface area contributed by atoms with Crippen LogP contribution in [0.1, 0.15) is 53.9 Å². The molecule has 0 aromatic heterocycles. The Hall–Kier alpha value is -1.27. The van der Waals surface area contributed by atoms with Crippen molar-refractivity contribution in [2.24, 2.45) is 0 Å². The molecule has 0 heterocycles. The fourth-order valence-corrected chi connectivity index (χ4v) is 1.81. The number of hydrogen-bond donors (Lipinski definition) is 3. The zero-order chi connectivity index (χ0) is 16.8. The van der Waals surface area contributed by atoms with E-state index in [1.54, 1.807) is 34.7 Å². The molecule has 0 aliphatic carbocycles. The molecule has 0 amide bonds. The minimum absolute atomic E-state index is 0.0165. The molecule has 0 aromatic carbocycles. The fourth-order valence-electron chi connectivity index (χ4n) is 1.81. The van der Waals surface area contributed by atoms with Gasteiger partial charge in [-0.15, -0.1) is 0 Å². The van der Waals surface area contributed by atoms with Crippen LogP contribution >= 0.6 is 0 Å². The second-order valence-corrected chi connectivity index (χ2v) is 6.46. The van der Waals surface area contributed by atoms with E-state index in [-0.39, 0.29) is 24.4 Å². The molecule has 0 aliphatic rings. The van der Waals surface area contributed by atoms with E-state index in [2.05, 4.69) is 10.6 Å². The molecular weight excluding hydrogens is 272 g/mol. The Morgan fingerprint density at radius 3 is 2.00 bits per heavy atom. The third-order valence-electron chi connectivity index (χ3n) is 3.91. The first-order chi connectivity index (χ1) is 9.42. The molecule has 21 heavy (non-hydrogen) atoms. The van der Waals surface area contributed by atoms with Gasteiger partial charge in [0.25, 0.3) is 0 Å². The first kappa shape index (κ1) is 19.7. The van der Waals surface area contributed by atoms with Crippen molar-refractivity contribution in [2.45, 2.75) is 71.0 Å². The lowest BCUT2D eigenvalue weighted by molar-refractivity contribution is -0.138. The van der Waals surface area contributed by atoms with Gasteiger partial charge in [0.15, 0.2) is 5.78 Å². The van der Waals surface area contributed by atoms with E-state index in [0.29, 0.717) is 6.42 Å². The molecule has 122 valence electrons. The molecular formula is C15H28N2O4. The van der Waals surface area contributed by atoms with Crippen LogP contribution in [0.4, 0.5) is 0 Å². The predicted octanol–water partition coefficient (Wildman–Crippen LogP) is 1.13. The van der Waals surface area contributed by atoms with E-state index in [9.17, 15) is 14.4 Å². The lowest BCUT2D eigenvalue weighted by atomic mass is 9.92. The molecule has 0 bridgehead atoms. The highest BCUT2D eigenvalue weighted by atomic mass is 16.4. The minimum atomic E-state index is -0.952. The lowest BCUT2D eigenvalue weighted by Gasteiger charge is -2.30. The van der Waals surface area contributed by atoms with Crippen LogP contribution in [0.5, 0.6) is 0 Å². The Balaban J connectivity index is 4.76. The predicted molar refractivity (Wildman–Crippen MR) is 81.3 cm³/mol. The standard InChI is InChI=1S/C15H28N2O4/c1-10(18)14(2,3)17-11(9-13(20)21)7-8-12(19)15(4,5)16-6/h11,16-17H,7-9H2,1-6H3,(H,20,21). The van der Waals surface area contributed by atoms with Gasteiger partial charge >= 0.3 is 5.97 Å².